The van der Waals surface area contributed by atoms with Crippen LogP contribution in [0.3, 0.4) is 0 Å². The standard InChI is InChI=1S/C13H11F6NO2/c14-12(15,16)8-4-7(5-9(6-8)13(17,18)19)10-2-1-3-20(10)11(21)22/h4-6,10H,1-3H2,(H,21,22). The molecule has 1 aliphatic rings. The number of benzene rings is 1. The van der Waals surface area contributed by atoms with Crippen LogP contribution in [0.2, 0.25) is 0 Å². The summed E-state index contributed by atoms with van der Waals surface area (Å²) in [5.74, 6) is 0. The summed E-state index contributed by atoms with van der Waals surface area (Å²) < 4.78 is 76.7. The van der Waals surface area contributed by atoms with E-state index in [2.05, 4.69) is 0 Å². The van der Waals surface area contributed by atoms with Crippen LogP contribution in [-0.2, 0) is 12.4 Å². The zero-order valence-corrected chi connectivity index (χ0v) is 11.0. The van der Waals surface area contributed by atoms with E-state index in [1.165, 1.54) is 0 Å². The van der Waals surface area contributed by atoms with Gasteiger partial charge < -0.3 is 10.0 Å². The number of carboxylic acid groups (broad SMARTS) is 1. The van der Waals surface area contributed by atoms with Gasteiger partial charge in [-0.2, -0.15) is 26.3 Å². The highest BCUT2D eigenvalue weighted by Gasteiger charge is 2.39. The first-order valence-corrected chi connectivity index (χ1v) is 6.29. The molecular weight excluding hydrogens is 316 g/mol. The van der Waals surface area contributed by atoms with Gasteiger partial charge in [0.15, 0.2) is 0 Å². The summed E-state index contributed by atoms with van der Waals surface area (Å²) in [5, 5.41) is 8.98. The van der Waals surface area contributed by atoms with Gasteiger partial charge in [-0.15, -0.1) is 0 Å². The van der Waals surface area contributed by atoms with Gasteiger partial charge in [-0.25, -0.2) is 4.79 Å². The maximum Gasteiger partial charge on any atom is 0.416 e. The number of nitrogens with zero attached hydrogens (tertiary/aromatic N) is 1. The Morgan fingerprint density at radius 3 is 1.95 bits per heavy atom. The minimum absolute atomic E-state index is 0.0313. The molecule has 2 rings (SSSR count). The number of hydrogen-bond donors (Lipinski definition) is 1. The minimum atomic E-state index is -4.94. The Labute approximate surface area is 121 Å². The smallest absolute Gasteiger partial charge is 0.416 e. The fourth-order valence-corrected chi connectivity index (χ4v) is 2.51. The third-order valence-corrected chi connectivity index (χ3v) is 3.49. The van der Waals surface area contributed by atoms with Gasteiger partial charge in [0.1, 0.15) is 0 Å². The fraction of sp³-hybridized carbons (Fsp3) is 0.462. The zero-order valence-electron chi connectivity index (χ0n) is 11.0. The molecule has 1 atom stereocenters. The molecule has 0 bridgehead atoms. The molecule has 1 heterocycles. The van der Waals surface area contributed by atoms with Gasteiger partial charge in [0.2, 0.25) is 0 Å². The molecule has 1 aromatic rings. The lowest BCUT2D eigenvalue weighted by Gasteiger charge is -2.24. The molecule has 1 aromatic carbocycles. The normalized spacial score (nSPS) is 19.5. The molecule has 0 aliphatic carbocycles. The topological polar surface area (TPSA) is 40.5 Å². The van der Waals surface area contributed by atoms with Crippen molar-refractivity contribution >= 4 is 6.09 Å². The molecule has 1 fully saturated rings. The van der Waals surface area contributed by atoms with E-state index in [9.17, 15) is 31.1 Å². The van der Waals surface area contributed by atoms with E-state index in [1.807, 2.05) is 0 Å². The number of rotatable bonds is 1. The van der Waals surface area contributed by atoms with Crippen LogP contribution in [0.15, 0.2) is 18.2 Å². The Hall–Kier alpha value is -1.93. The van der Waals surface area contributed by atoms with E-state index in [1.54, 1.807) is 0 Å². The summed E-state index contributed by atoms with van der Waals surface area (Å²) in [7, 11) is 0. The maximum absolute atomic E-state index is 12.8. The molecule has 22 heavy (non-hydrogen) atoms. The van der Waals surface area contributed by atoms with E-state index < -0.39 is 35.6 Å². The number of likely N-dealkylation sites (tertiary alicyclic amines) is 1. The van der Waals surface area contributed by atoms with Crippen LogP contribution in [0.1, 0.15) is 35.6 Å². The van der Waals surface area contributed by atoms with Crippen LogP contribution in [0.4, 0.5) is 31.1 Å². The molecule has 1 saturated heterocycles. The molecule has 0 spiro atoms. The van der Waals surface area contributed by atoms with Crippen LogP contribution in [0.25, 0.3) is 0 Å². The van der Waals surface area contributed by atoms with Gasteiger partial charge in [-0.1, -0.05) is 0 Å². The van der Waals surface area contributed by atoms with E-state index in [0.29, 0.717) is 18.6 Å². The number of amides is 1. The first-order valence-electron chi connectivity index (χ1n) is 6.29. The van der Waals surface area contributed by atoms with Gasteiger partial charge in [0.25, 0.3) is 0 Å². The summed E-state index contributed by atoms with van der Waals surface area (Å²) in [5.41, 5.74) is -3.16. The van der Waals surface area contributed by atoms with Crippen LogP contribution in [0, 0.1) is 0 Å². The zero-order chi connectivity index (χ0) is 16.7. The summed E-state index contributed by atoms with van der Waals surface area (Å²) in [6.45, 7) is 0.0809. The van der Waals surface area contributed by atoms with Gasteiger partial charge in [0, 0.05) is 6.54 Å². The van der Waals surface area contributed by atoms with Gasteiger partial charge in [0.05, 0.1) is 17.2 Å². The number of alkyl halides is 6. The predicted octanol–water partition coefficient (Wildman–Crippen LogP) is 4.54. The third-order valence-electron chi connectivity index (χ3n) is 3.49. The Morgan fingerprint density at radius 2 is 1.55 bits per heavy atom. The molecule has 9 heteroatoms. The van der Waals surface area contributed by atoms with Crippen molar-refractivity contribution in [3.63, 3.8) is 0 Å². The van der Waals surface area contributed by atoms with Crippen LogP contribution >= 0.6 is 0 Å². The van der Waals surface area contributed by atoms with E-state index >= 15 is 0 Å². The van der Waals surface area contributed by atoms with Crippen molar-refractivity contribution in [3.05, 3.63) is 34.9 Å². The molecule has 122 valence electrons. The Balaban J connectivity index is 2.53. The van der Waals surface area contributed by atoms with E-state index in [0.717, 1.165) is 4.90 Å². The summed E-state index contributed by atoms with van der Waals surface area (Å²) >= 11 is 0. The van der Waals surface area contributed by atoms with Gasteiger partial charge >= 0.3 is 18.4 Å². The molecule has 0 saturated carbocycles. The quantitative estimate of drug-likeness (QED) is 0.769. The number of halogens is 6. The predicted molar refractivity (Wildman–Crippen MR) is 63.2 cm³/mol. The number of hydrogen-bond acceptors (Lipinski definition) is 1. The minimum Gasteiger partial charge on any atom is -0.465 e. The largest absolute Gasteiger partial charge is 0.465 e. The van der Waals surface area contributed by atoms with Crippen molar-refractivity contribution in [2.45, 2.75) is 31.2 Å². The lowest BCUT2D eigenvalue weighted by atomic mass is 9.98. The van der Waals surface area contributed by atoms with Crippen molar-refractivity contribution < 1.29 is 36.2 Å². The highest BCUT2D eigenvalue weighted by atomic mass is 19.4. The molecule has 1 N–H and O–H groups in total. The molecule has 1 unspecified atom stereocenters. The van der Waals surface area contributed by atoms with Crippen LogP contribution in [0.5, 0.6) is 0 Å². The van der Waals surface area contributed by atoms with Crippen molar-refractivity contribution in [2.75, 3.05) is 6.54 Å². The van der Waals surface area contributed by atoms with E-state index in [4.69, 9.17) is 5.11 Å². The summed E-state index contributed by atoms with van der Waals surface area (Å²) in [6.07, 6.45) is -10.7. The van der Waals surface area contributed by atoms with Crippen molar-refractivity contribution in [1.82, 2.24) is 4.90 Å². The average Bonchev–Trinajstić information content (AvgIpc) is 2.85. The van der Waals surface area contributed by atoms with Gasteiger partial charge in [-0.05, 0) is 36.6 Å². The summed E-state index contributed by atoms with van der Waals surface area (Å²) in [6, 6.07) is 0.201. The lowest BCUT2D eigenvalue weighted by Crippen LogP contribution is -2.29. The van der Waals surface area contributed by atoms with Crippen molar-refractivity contribution in [3.8, 4) is 0 Å². The molecule has 1 amide bonds. The monoisotopic (exact) mass is 327 g/mol. The number of carbonyl (C=O) groups is 1. The second kappa shape index (κ2) is 5.36. The van der Waals surface area contributed by atoms with E-state index in [-0.39, 0.29) is 24.6 Å². The highest BCUT2D eigenvalue weighted by molar-refractivity contribution is 5.66. The first-order chi connectivity index (χ1) is 10.00. The van der Waals surface area contributed by atoms with Crippen molar-refractivity contribution in [2.24, 2.45) is 0 Å². The maximum atomic E-state index is 12.8. The van der Waals surface area contributed by atoms with Crippen LogP contribution in [-0.4, -0.2) is 22.6 Å². The fourth-order valence-electron chi connectivity index (χ4n) is 2.51. The lowest BCUT2D eigenvalue weighted by molar-refractivity contribution is -0.143. The second-order valence-electron chi connectivity index (χ2n) is 4.97. The first kappa shape index (κ1) is 16.4. The molecular formula is C13H11F6NO2. The Morgan fingerprint density at radius 1 is 1.05 bits per heavy atom. The van der Waals surface area contributed by atoms with Crippen LogP contribution < -0.4 is 0 Å². The Bertz CT molecular complexity index is 549. The molecule has 0 radical (unpaired) electrons. The SMILES string of the molecule is O=C(O)N1CCCC1c1cc(C(F)(F)F)cc(C(F)(F)F)c1. The molecule has 0 aromatic heterocycles. The van der Waals surface area contributed by atoms with Gasteiger partial charge in [-0.3, -0.25) is 0 Å². The summed E-state index contributed by atoms with van der Waals surface area (Å²) in [4.78, 5) is 11.9. The highest BCUT2D eigenvalue weighted by Crippen LogP contribution is 2.40. The van der Waals surface area contributed by atoms with Crippen molar-refractivity contribution in [1.29, 1.82) is 0 Å². The third kappa shape index (κ3) is 3.28. The molecule has 1 aliphatic heterocycles. The Kier molecular flexibility index (Phi) is 4.01. The second-order valence-corrected chi connectivity index (χ2v) is 4.97. The molecule has 3 nitrogen and oxygen atoms in total. The average molecular weight is 327 g/mol.